The van der Waals surface area contributed by atoms with Crippen molar-refractivity contribution in [3.63, 3.8) is 0 Å². The van der Waals surface area contributed by atoms with Crippen LogP contribution in [0.1, 0.15) is 18.5 Å². The second kappa shape index (κ2) is 5.58. The summed E-state index contributed by atoms with van der Waals surface area (Å²) >= 11 is 5.12. The molecule has 1 aromatic carbocycles. The van der Waals surface area contributed by atoms with E-state index in [0.29, 0.717) is 5.11 Å². The smallest absolute Gasteiger partial charge is 0.269 e. The second-order valence-corrected chi connectivity index (χ2v) is 4.08. The Bertz CT molecular complexity index is 436. The summed E-state index contributed by atoms with van der Waals surface area (Å²) in [4.78, 5) is 12.1. The molecule has 0 radical (unpaired) electrons. The number of hydrogen-bond donors (Lipinski definition) is 1. The van der Waals surface area contributed by atoms with E-state index in [0.717, 1.165) is 5.56 Å². The summed E-state index contributed by atoms with van der Waals surface area (Å²) in [7, 11) is 3.60. The first-order valence-electron chi connectivity index (χ1n) is 5.16. The van der Waals surface area contributed by atoms with Crippen LogP contribution in [0.25, 0.3) is 0 Å². The molecule has 1 atom stereocenters. The predicted octanol–water partition coefficient (Wildman–Crippen LogP) is 2.09. The molecule has 0 heterocycles. The summed E-state index contributed by atoms with van der Waals surface area (Å²) in [5.74, 6) is 0. The number of nitrogens with zero attached hydrogens (tertiary/aromatic N) is 2. The zero-order chi connectivity index (χ0) is 13.0. The molecule has 0 amide bonds. The number of nitro benzene ring substituents is 1. The van der Waals surface area contributed by atoms with Crippen LogP contribution in [-0.4, -0.2) is 29.0 Å². The number of hydrogen-bond acceptors (Lipinski definition) is 3. The molecule has 0 saturated carbocycles. The van der Waals surface area contributed by atoms with Crippen molar-refractivity contribution in [3.8, 4) is 0 Å². The Kier molecular flexibility index (Phi) is 4.39. The molecule has 17 heavy (non-hydrogen) atoms. The van der Waals surface area contributed by atoms with Gasteiger partial charge in [-0.05, 0) is 24.7 Å². The van der Waals surface area contributed by atoms with Gasteiger partial charge in [0.05, 0.1) is 11.0 Å². The van der Waals surface area contributed by atoms with Crippen LogP contribution in [0, 0.1) is 10.1 Å². The van der Waals surface area contributed by atoms with E-state index in [1.54, 1.807) is 19.2 Å². The molecule has 0 spiro atoms. The highest BCUT2D eigenvalue weighted by Crippen LogP contribution is 2.22. The zero-order valence-electron chi connectivity index (χ0n) is 10.0. The summed E-state index contributed by atoms with van der Waals surface area (Å²) < 4.78 is 0. The molecule has 0 aromatic heterocycles. The Morgan fingerprint density at radius 2 is 2.24 bits per heavy atom. The minimum Gasteiger partial charge on any atom is -0.366 e. The van der Waals surface area contributed by atoms with Gasteiger partial charge in [0.25, 0.3) is 5.69 Å². The first-order chi connectivity index (χ1) is 7.97. The van der Waals surface area contributed by atoms with Crippen molar-refractivity contribution in [2.45, 2.75) is 13.0 Å². The molecule has 0 bridgehead atoms. The molecule has 0 fully saturated rings. The van der Waals surface area contributed by atoms with Gasteiger partial charge in [-0.3, -0.25) is 10.1 Å². The molecular formula is C11H15N3O2S. The lowest BCUT2D eigenvalue weighted by molar-refractivity contribution is -0.384. The molecule has 0 aliphatic rings. The summed E-state index contributed by atoms with van der Waals surface area (Å²) in [6, 6.07) is 6.56. The third kappa shape index (κ3) is 3.13. The SMILES string of the molecule is CNC(=S)N(C)[C@@H](C)c1cccc([N+](=O)[O-])c1. The van der Waals surface area contributed by atoms with Gasteiger partial charge in [0.1, 0.15) is 0 Å². The van der Waals surface area contributed by atoms with Gasteiger partial charge in [0.2, 0.25) is 0 Å². The normalized spacial score (nSPS) is 11.7. The Morgan fingerprint density at radius 3 is 2.76 bits per heavy atom. The van der Waals surface area contributed by atoms with E-state index in [2.05, 4.69) is 5.32 Å². The van der Waals surface area contributed by atoms with Crippen LogP contribution in [-0.2, 0) is 0 Å². The fourth-order valence-corrected chi connectivity index (χ4v) is 1.63. The Morgan fingerprint density at radius 1 is 1.59 bits per heavy atom. The third-order valence-electron chi connectivity index (χ3n) is 2.68. The van der Waals surface area contributed by atoms with Crippen LogP contribution in [0.4, 0.5) is 5.69 Å². The average Bonchev–Trinajstić information content (AvgIpc) is 2.36. The minimum atomic E-state index is -0.396. The maximum Gasteiger partial charge on any atom is 0.269 e. The van der Waals surface area contributed by atoms with Crippen LogP contribution in [0.15, 0.2) is 24.3 Å². The van der Waals surface area contributed by atoms with Gasteiger partial charge in [-0.1, -0.05) is 12.1 Å². The van der Waals surface area contributed by atoms with Gasteiger partial charge in [0.15, 0.2) is 5.11 Å². The Labute approximate surface area is 106 Å². The van der Waals surface area contributed by atoms with Gasteiger partial charge in [-0.25, -0.2) is 0 Å². The number of rotatable bonds is 3. The van der Waals surface area contributed by atoms with Crippen LogP contribution >= 0.6 is 12.2 Å². The molecule has 1 rings (SSSR count). The summed E-state index contributed by atoms with van der Waals surface area (Å²) in [5, 5.41) is 14.2. The molecule has 0 saturated heterocycles. The highest BCUT2D eigenvalue weighted by molar-refractivity contribution is 7.80. The van der Waals surface area contributed by atoms with Gasteiger partial charge in [-0.2, -0.15) is 0 Å². The molecule has 92 valence electrons. The van der Waals surface area contributed by atoms with E-state index >= 15 is 0 Å². The molecule has 0 aliphatic heterocycles. The first kappa shape index (κ1) is 13.4. The lowest BCUT2D eigenvalue weighted by Gasteiger charge is -2.27. The largest absolute Gasteiger partial charge is 0.366 e. The molecule has 5 nitrogen and oxygen atoms in total. The fraction of sp³-hybridized carbons (Fsp3) is 0.364. The molecule has 1 aromatic rings. The maximum atomic E-state index is 10.7. The van der Waals surface area contributed by atoms with Crippen LogP contribution in [0.3, 0.4) is 0 Å². The highest BCUT2D eigenvalue weighted by atomic mass is 32.1. The second-order valence-electron chi connectivity index (χ2n) is 3.69. The van der Waals surface area contributed by atoms with Crippen molar-refractivity contribution in [3.05, 3.63) is 39.9 Å². The van der Waals surface area contributed by atoms with Crippen molar-refractivity contribution in [1.82, 2.24) is 10.2 Å². The molecule has 6 heteroatoms. The number of nitrogens with one attached hydrogen (secondary N) is 1. The minimum absolute atomic E-state index is 0.0187. The quantitative estimate of drug-likeness (QED) is 0.508. The van der Waals surface area contributed by atoms with Crippen molar-refractivity contribution in [2.75, 3.05) is 14.1 Å². The number of nitro groups is 1. The first-order valence-corrected chi connectivity index (χ1v) is 5.57. The maximum absolute atomic E-state index is 10.7. The summed E-state index contributed by atoms with van der Waals surface area (Å²) in [5.41, 5.74) is 0.956. The van der Waals surface area contributed by atoms with Gasteiger partial charge in [-0.15, -0.1) is 0 Å². The van der Waals surface area contributed by atoms with Crippen molar-refractivity contribution in [1.29, 1.82) is 0 Å². The van der Waals surface area contributed by atoms with Gasteiger partial charge in [0, 0.05) is 26.2 Å². The number of thiocarbonyl (C=S) groups is 1. The van der Waals surface area contributed by atoms with Crippen molar-refractivity contribution >= 4 is 23.0 Å². The lowest BCUT2D eigenvalue weighted by Crippen LogP contribution is -2.36. The molecule has 1 N–H and O–H groups in total. The Balaban J connectivity index is 2.96. The average molecular weight is 253 g/mol. The molecular weight excluding hydrogens is 238 g/mol. The number of non-ortho nitro benzene ring substituents is 1. The van der Waals surface area contributed by atoms with E-state index in [1.165, 1.54) is 6.07 Å². The van der Waals surface area contributed by atoms with Crippen molar-refractivity contribution < 1.29 is 4.92 Å². The van der Waals surface area contributed by atoms with E-state index in [4.69, 9.17) is 12.2 Å². The summed E-state index contributed by atoms with van der Waals surface area (Å²) in [6.45, 7) is 1.95. The standard InChI is InChI=1S/C11H15N3O2S/c1-8(13(3)11(17)12-2)9-5-4-6-10(7-9)14(15)16/h4-8H,1-3H3,(H,12,17)/t8-/m0/s1. The third-order valence-corrected chi connectivity index (χ3v) is 3.17. The van der Waals surface area contributed by atoms with E-state index < -0.39 is 4.92 Å². The topological polar surface area (TPSA) is 58.4 Å². The zero-order valence-corrected chi connectivity index (χ0v) is 10.8. The fourth-order valence-electron chi connectivity index (χ4n) is 1.47. The van der Waals surface area contributed by atoms with E-state index in [-0.39, 0.29) is 11.7 Å². The molecule has 0 aliphatic carbocycles. The predicted molar refractivity (Wildman–Crippen MR) is 70.9 cm³/mol. The van der Waals surface area contributed by atoms with E-state index in [1.807, 2.05) is 24.9 Å². The van der Waals surface area contributed by atoms with Crippen LogP contribution in [0.5, 0.6) is 0 Å². The lowest BCUT2D eigenvalue weighted by atomic mass is 10.1. The Hall–Kier alpha value is -1.69. The van der Waals surface area contributed by atoms with Crippen molar-refractivity contribution in [2.24, 2.45) is 0 Å². The monoisotopic (exact) mass is 253 g/mol. The van der Waals surface area contributed by atoms with Gasteiger partial charge < -0.3 is 10.2 Å². The summed E-state index contributed by atoms with van der Waals surface area (Å²) in [6.07, 6.45) is 0. The van der Waals surface area contributed by atoms with Gasteiger partial charge >= 0.3 is 0 Å². The number of benzene rings is 1. The molecule has 0 unspecified atom stereocenters. The van der Waals surface area contributed by atoms with E-state index in [9.17, 15) is 10.1 Å². The van der Waals surface area contributed by atoms with Crippen LogP contribution in [0.2, 0.25) is 0 Å². The highest BCUT2D eigenvalue weighted by Gasteiger charge is 2.16. The van der Waals surface area contributed by atoms with Crippen LogP contribution < -0.4 is 5.32 Å².